The van der Waals surface area contributed by atoms with E-state index in [9.17, 15) is 0 Å². The molecule has 1 N–H and O–H groups in total. The highest BCUT2D eigenvalue weighted by molar-refractivity contribution is 5.68. The minimum absolute atomic E-state index is 0.00361. The normalized spacial score (nSPS) is 11.8. The third-order valence-corrected chi connectivity index (χ3v) is 4.20. The molecule has 0 fully saturated rings. The van der Waals surface area contributed by atoms with E-state index in [0.717, 1.165) is 28.4 Å². The molecule has 0 amide bonds. The Hall–Kier alpha value is -3.22. The van der Waals surface area contributed by atoms with E-state index in [4.69, 9.17) is 0 Å². The second kappa shape index (κ2) is 6.25. The lowest BCUT2D eigenvalue weighted by Gasteiger charge is -2.13. The summed E-state index contributed by atoms with van der Waals surface area (Å²) >= 11 is 0. The van der Waals surface area contributed by atoms with Crippen LogP contribution in [0.4, 0.5) is 5.82 Å². The summed E-state index contributed by atoms with van der Waals surface area (Å²) in [6.45, 7) is 7.11. The second-order valence-corrected chi connectivity index (χ2v) is 7.23. The zero-order valence-electron chi connectivity index (χ0n) is 15.1. The average Bonchev–Trinajstić information content (AvgIpc) is 3.29. The van der Waals surface area contributed by atoms with E-state index in [2.05, 4.69) is 52.2 Å². The van der Waals surface area contributed by atoms with Crippen LogP contribution in [0.3, 0.4) is 0 Å². The Kier molecular flexibility index (Phi) is 3.91. The van der Waals surface area contributed by atoms with Crippen LogP contribution in [0.5, 0.6) is 0 Å². The van der Waals surface area contributed by atoms with Gasteiger partial charge in [-0.05, 0) is 17.7 Å². The summed E-state index contributed by atoms with van der Waals surface area (Å²) in [6, 6.07) is 6.12. The fraction of sp³-hybridized carbons (Fsp3) is 0.263. The third kappa shape index (κ3) is 3.15. The number of hydrogen-bond acceptors (Lipinski definition) is 5. The summed E-state index contributed by atoms with van der Waals surface area (Å²) in [5, 5.41) is 8.05. The highest BCUT2D eigenvalue weighted by Gasteiger charge is 2.19. The molecule has 4 aromatic heterocycles. The number of nitrogens with one attached hydrogen (secondary N) is 1. The maximum Gasteiger partial charge on any atom is 0.152 e. The van der Waals surface area contributed by atoms with E-state index < -0.39 is 0 Å². The maximum atomic E-state index is 4.66. The molecule has 4 heterocycles. The van der Waals surface area contributed by atoms with E-state index in [1.54, 1.807) is 18.7 Å². The van der Waals surface area contributed by atoms with Crippen molar-refractivity contribution < 1.29 is 0 Å². The number of fused-ring (bicyclic) bond motifs is 1. The maximum absolute atomic E-state index is 4.66. The first-order valence-corrected chi connectivity index (χ1v) is 8.53. The topological polar surface area (TPSA) is 72.9 Å². The molecule has 0 aliphatic rings. The van der Waals surface area contributed by atoms with E-state index in [1.807, 2.05) is 39.8 Å². The summed E-state index contributed by atoms with van der Waals surface area (Å²) < 4.78 is 3.75. The SMILES string of the molecule is CC(C)(C)c1cc2c(NCc3ccc(-n4ccnc4)nc3)nccn2n1. The number of hydrogen-bond donors (Lipinski definition) is 1. The lowest BCUT2D eigenvalue weighted by Crippen LogP contribution is -2.11. The Morgan fingerprint density at radius 1 is 1.08 bits per heavy atom. The van der Waals surface area contributed by atoms with Gasteiger partial charge in [0.15, 0.2) is 5.82 Å². The summed E-state index contributed by atoms with van der Waals surface area (Å²) in [4.78, 5) is 13.0. The molecular weight excluding hydrogens is 326 g/mol. The van der Waals surface area contributed by atoms with Gasteiger partial charge in [0.05, 0.1) is 5.69 Å². The second-order valence-electron chi connectivity index (χ2n) is 7.23. The quantitative estimate of drug-likeness (QED) is 0.614. The van der Waals surface area contributed by atoms with Gasteiger partial charge < -0.3 is 5.32 Å². The molecule has 0 atom stereocenters. The lowest BCUT2D eigenvalue weighted by atomic mass is 9.92. The van der Waals surface area contributed by atoms with Gasteiger partial charge in [-0.2, -0.15) is 5.10 Å². The van der Waals surface area contributed by atoms with Crippen molar-refractivity contribution in [2.45, 2.75) is 32.7 Å². The summed E-state index contributed by atoms with van der Waals surface area (Å²) in [5.74, 6) is 1.66. The van der Waals surface area contributed by atoms with Crippen LogP contribution in [0, 0.1) is 0 Å². The molecule has 0 saturated carbocycles. The van der Waals surface area contributed by atoms with Gasteiger partial charge in [-0.3, -0.25) is 4.57 Å². The van der Waals surface area contributed by atoms with Gasteiger partial charge in [-0.25, -0.2) is 19.5 Å². The largest absolute Gasteiger partial charge is 0.364 e. The van der Waals surface area contributed by atoms with E-state index in [-0.39, 0.29) is 5.41 Å². The van der Waals surface area contributed by atoms with Crippen molar-refractivity contribution in [3.8, 4) is 5.82 Å². The van der Waals surface area contributed by atoms with Crippen LogP contribution in [0.25, 0.3) is 11.3 Å². The molecular formula is C19H21N7. The van der Waals surface area contributed by atoms with E-state index >= 15 is 0 Å². The molecule has 4 aromatic rings. The highest BCUT2D eigenvalue weighted by atomic mass is 15.2. The molecule has 0 saturated heterocycles. The number of aromatic nitrogens is 6. The van der Waals surface area contributed by atoms with Crippen molar-refractivity contribution in [1.82, 2.24) is 29.1 Å². The fourth-order valence-electron chi connectivity index (χ4n) is 2.68. The number of rotatable bonds is 4. The first kappa shape index (κ1) is 16.3. The van der Waals surface area contributed by atoms with E-state index in [0.29, 0.717) is 6.54 Å². The monoisotopic (exact) mass is 347 g/mol. The van der Waals surface area contributed by atoms with Gasteiger partial charge in [0, 0.05) is 42.9 Å². The van der Waals surface area contributed by atoms with Gasteiger partial charge in [-0.1, -0.05) is 26.8 Å². The first-order valence-electron chi connectivity index (χ1n) is 8.53. The number of imidazole rings is 1. The van der Waals surface area contributed by atoms with Crippen molar-refractivity contribution in [3.05, 3.63) is 66.8 Å². The average molecular weight is 347 g/mol. The van der Waals surface area contributed by atoms with Crippen molar-refractivity contribution >= 4 is 11.3 Å². The van der Waals surface area contributed by atoms with Crippen molar-refractivity contribution in [2.75, 3.05) is 5.32 Å². The molecule has 0 radical (unpaired) electrons. The van der Waals surface area contributed by atoms with Crippen molar-refractivity contribution in [2.24, 2.45) is 0 Å². The predicted molar refractivity (Wildman–Crippen MR) is 100 cm³/mol. The van der Waals surface area contributed by atoms with E-state index in [1.165, 1.54) is 0 Å². The molecule has 0 aromatic carbocycles. The Morgan fingerprint density at radius 3 is 2.65 bits per heavy atom. The van der Waals surface area contributed by atoms with Gasteiger partial charge in [0.1, 0.15) is 17.7 Å². The third-order valence-electron chi connectivity index (χ3n) is 4.20. The fourth-order valence-corrected chi connectivity index (χ4v) is 2.68. The molecule has 7 heteroatoms. The minimum atomic E-state index is -0.00361. The molecule has 0 aliphatic carbocycles. The minimum Gasteiger partial charge on any atom is -0.364 e. The first-order chi connectivity index (χ1) is 12.5. The van der Waals surface area contributed by atoms with Gasteiger partial charge in [-0.15, -0.1) is 0 Å². The smallest absolute Gasteiger partial charge is 0.152 e. The molecule has 0 unspecified atom stereocenters. The molecule has 0 bridgehead atoms. The number of pyridine rings is 1. The van der Waals surface area contributed by atoms with Crippen LogP contribution >= 0.6 is 0 Å². The zero-order chi connectivity index (χ0) is 18.1. The Balaban J connectivity index is 1.53. The van der Waals surface area contributed by atoms with Crippen LogP contribution in [0.1, 0.15) is 32.0 Å². The van der Waals surface area contributed by atoms with Crippen LogP contribution in [0.2, 0.25) is 0 Å². The summed E-state index contributed by atoms with van der Waals surface area (Å²) in [5.41, 5.74) is 3.09. The lowest BCUT2D eigenvalue weighted by molar-refractivity contribution is 0.562. The van der Waals surface area contributed by atoms with Gasteiger partial charge in [0.2, 0.25) is 0 Å². The van der Waals surface area contributed by atoms with Crippen LogP contribution < -0.4 is 5.32 Å². The molecule has 132 valence electrons. The molecule has 0 aliphatic heterocycles. The van der Waals surface area contributed by atoms with Crippen LogP contribution in [0.15, 0.2) is 55.5 Å². The summed E-state index contributed by atoms with van der Waals surface area (Å²) in [7, 11) is 0. The molecule has 26 heavy (non-hydrogen) atoms. The Morgan fingerprint density at radius 2 is 1.96 bits per heavy atom. The predicted octanol–water partition coefficient (Wildman–Crippen LogP) is 3.22. The Bertz CT molecular complexity index is 1010. The van der Waals surface area contributed by atoms with Crippen molar-refractivity contribution in [1.29, 1.82) is 0 Å². The highest BCUT2D eigenvalue weighted by Crippen LogP contribution is 2.24. The molecule has 0 spiro atoms. The molecule has 4 rings (SSSR count). The molecule has 7 nitrogen and oxygen atoms in total. The van der Waals surface area contributed by atoms with Crippen LogP contribution in [-0.4, -0.2) is 29.1 Å². The van der Waals surface area contributed by atoms with Gasteiger partial charge >= 0.3 is 0 Å². The summed E-state index contributed by atoms with van der Waals surface area (Å²) in [6.07, 6.45) is 10.8. The standard InChI is InChI=1S/C19H21N7/c1-19(2,3)16-10-15-18(21-7-9-26(15)24-16)23-12-14-4-5-17(22-11-14)25-8-6-20-13-25/h4-11,13H,12H2,1-3H3,(H,21,23). The van der Waals surface area contributed by atoms with Crippen LogP contribution in [-0.2, 0) is 12.0 Å². The number of anilines is 1. The van der Waals surface area contributed by atoms with Gasteiger partial charge in [0.25, 0.3) is 0 Å². The van der Waals surface area contributed by atoms with Crippen molar-refractivity contribution in [3.63, 3.8) is 0 Å². The Labute approximate surface area is 151 Å². The zero-order valence-corrected chi connectivity index (χ0v) is 15.1. The number of nitrogens with zero attached hydrogens (tertiary/aromatic N) is 6.